The summed E-state index contributed by atoms with van der Waals surface area (Å²) in [7, 11) is 2.00. The molecule has 1 aromatic heterocycles. The number of likely N-dealkylation sites (N-methyl/N-ethyl adjacent to an activating group) is 1. The molecule has 1 unspecified atom stereocenters. The van der Waals surface area contributed by atoms with Crippen molar-refractivity contribution in [2.75, 3.05) is 68.0 Å². The normalized spacial score (nSPS) is 23.4. The van der Waals surface area contributed by atoms with Crippen molar-refractivity contribution in [1.29, 1.82) is 0 Å². The van der Waals surface area contributed by atoms with Gasteiger partial charge < -0.3 is 29.9 Å². The van der Waals surface area contributed by atoms with Crippen LogP contribution in [0.4, 0.5) is 32.2 Å². The van der Waals surface area contributed by atoms with E-state index in [-0.39, 0.29) is 30.0 Å². The fourth-order valence-corrected chi connectivity index (χ4v) is 6.64. The van der Waals surface area contributed by atoms with Gasteiger partial charge in [0, 0.05) is 52.6 Å². The molecule has 216 valence electrons. The fourth-order valence-electron chi connectivity index (χ4n) is 6.64. The molecule has 41 heavy (non-hydrogen) atoms. The van der Waals surface area contributed by atoms with Gasteiger partial charge in [0.1, 0.15) is 11.3 Å². The molecule has 1 atom stereocenters. The van der Waals surface area contributed by atoms with E-state index >= 15 is 4.39 Å². The summed E-state index contributed by atoms with van der Waals surface area (Å²) in [6, 6.07) is 2.44. The largest absolute Gasteiger partial charge is 0.465 e. The summed E-state index contributed by atoms with van der Waals surface area (Å²) >= 11 is 0. The minimum atomic E-state index is -0.601. The van der Waals surface area contributed by atoms with Gasteiger partial charge in [-0.15, -0.1) is 0 Å². The van der Waals surface area contributed by atoms with E-state index < -0.39 is 11.7 Å². The number of nitrogens with one attached hydrogen (secondary N) is 2. The van der Waals surface area contributed by atoms with Gasteiger partial charge in [0.2, 0.25) is 0 Å². The van der Waals surface area contributed by atoms with Crippen LogP contribution in [0.5, 0.6) is 5.88 Å². The topological polar surface area (TPSA) is 125 Å². The third kappa shape index (κ3) is 4.56. The van der Waals surface area contributed by atoms with Gasteiger partial charge >= 0.3 is 6.09 Å². The Kier molecular flexibility index (Phi) is 6.31. The zero-order valence-electron chi connectivity index (χ0n) is 23.0. The second kappa shape index (κ2) is 9.91. The van der Waals surface area contributed by atoms with E-state index in [4.69, 9.17) is 9.47 Å². The molecule has 2 aromatic rings. The average Bonchev–Trinajstić information content (AvgIpc) is 3.49. The van der Waals surface area contributed by atoms with Crippen molar-refractivity contribution in [1.82, 2.24) is 20.2 Å². The van der Waals surface area contributed by atoms with Crippen molar-refractivity contribution in [3.63, 3.8) is 0 Å². The molecule has 3 fully saturated rings. The van der Waals surface area contributed by atoms with Crippen LogP contribution in [0, 0.1) is 11.7 Å². The standard InChI is InChI=1S/C28H33FN8O4/c1-30-24-20(35(2)18-10-31-11-18)9-17-7-16(8-19(17)23(24)29)13-36-5-3-28(4-6-36)15-37(27(39)41-28)21-12-32-26-25(33-21)34-22(38)14-40-26/h9,12,16,18,31H,1,3-8,10-11,13-15H2,2H3,(H,33,34,38). The van der Waals surface area contributed by atoms with Crippen LogP contribution >= 0.6 is 0 Å². The van der Waals surface area contributed by atoms with Crippen LogP contribution in [0.25, 0.3) is 0 Å². The summed E-state index contributed by atoms with van der Waals surface area (Å²) in [5.74, 6) is 0.502. The number of fused-ring (bicyclic) bond motifs is 2. The van der Waals surface area contributed by atoms with Gasteiger partial charge in [0.25, 0.3) is 11.8 Å². The van der Waals surface area contributed by atoms with Crippen molar-refractivity contribution in [2.24, 2.45) is 10.9 Å². The molecular formula is C28H33FN8O4. The first-order valence-electron chi connectivity index (χ1n) is 14.1. The number of rotatable bonds is 6. The molecule has 1 aliphatic carbocycles. The number of benzene rings is 1. The molecule has 1 spiro atoms. The minimum absolute atomic E-state index is 0.113. The fraction of sp³-hybridized carbons (Fsp3) is 0.536. The molecule has 2 amide bonds. The van der Waals surface area contributed by atoms with Crippen molar-refractivity contribution in [3.8, 4) is 5.88 Å². The van der Waals surface area contributed by atoms with E-state index in [0.717, 1.165) is 56.0 Å². The number of anilines is 3. The van der Waals surface area contributed by atoms with E-state index in [1.54, 1.807) is 0 Å². The lowest BCUT2D eigenvalue weighted by atomic mass is 9.90. The number of hydrogen-bond acceptors (Lipinski definition) is 10. The molecule has 4 aliphatic heterocycles. The first-order chi connectivity index (χ1) is 19.8. The Morgan fingerprint density at radius 2 is 2.07 bits per heavy atom. The summed E-state index contributed by atoms with van der Waals surface area (Å²) in [5.41, 5.74) is 2.40. The predicted octanol–water partition coefficient (Wildman–Crippen LogP) is 1.89. The molecule has 0 bridgehead atoms. The summed E-state index contributed by atoms with van der Waals surface area (Å²) in [4.78, 5) is 43.1. The zero-order chi connectivity index (χ0) is 28.3. The maximum absolute atomic E-state index is 15.6. The van der Waals surface area contributed by atoms with Crippen LogP contribution in [0.15, 0.2) is 17.3 Å². The highest BCUT2D eigenvalue weighted by molar-refractivity contribution is 5.94. The maximum atomic E-state index is 15.6. The van der Waals surface area contributed by atoms with E-state index in [0.29, 0.717) is 49.3 Å². The number of aliphatic imine (C=N–C) groups is 1. The number of carbonyl (C=O) groups is 2. The number of ether oxygens (including phenoxy) is 2. The van der Waals surface area contributed by atoms with Crippen molar-refractivity contribution >= 4 is 41.7 Å². The Morgan fingerprint density at radius 1 is 1.27 bits per heavy atom. The third-order valence-corrected chi connectivity index (χ3v) is 9.12. The number of hydrogen-bond donors (Lipinski definition) is 2. The highest BCUT2D eigenvalue weighted by Crippen LogP contribution is 2.42. The van der Waals surface area contributed by atoms with Gasteiger partial charge in [-0.3, -0.25) is 14.7 Å². The number of nitrogens with zero attached hydrogens (tertiary/aromatic N) is 6. The molecule has 0 saturated carbocycles. The molecule has 0 radical (unpaired) electrons. The van der Waals surface area contributed by atoms with Gasteiger partial charge in [-0.1, -0.05) is 0 Å². The second-order valence-corrected chi connectivity index (χ2v) is 11.7. The van der Waals surface area contributed by atoms with Gasteiger partial charge in [-0.2, -0.15) is 0 Å². The van der Waals surface area contributed by atoms with Crippen molar-refractivity contribution in [3.05, 3.63) is 29.2 Å². The highest BCUT2D eigenvalue weighted by atomic mass is 19.1. The maximum Gasteiger partial charge on any atom is 0.416 e. The quantitative estimate of drug-likeness (QED) is 0.506. The summed E-state index contributed by atoms with van der Waals surface area (Å²) in [5, 5.41) is 5.90. The predicted molar refractivity (Wildman–Crippen MR) is 150 cm³/mol. The van der Waals surface area contributed by atoms with Crippen molar-refractivity contribution in [2.45, 2.75) is 37.3 Å². The molecule has 7 rings (SSSR count). The molecule has 12 nitrogen and oxygen atoms in total. The molecule has 13 heteroatoms. The lowest BCUT2D eigenvalue weighted by Gasteiger charge is -2.38. The number of aromatic nitrogens is 2. The van der Waals surface area contributed by atoms with E-state index in [9.17, 15) is 9.59 Å². The summed E-state index contributed by atoms with van der Waals surface area (Å²) in [6.07, 6.45) is 3.88. The Morgan fingerprint density at radius 3 is 2.80 bits per heavy atom. The van der Waals surface area contributed by atoms with Gasteiger partial charge in [0.15, 0.2) is 24.1 Å². The number of piperidine rings is 1. The minimum Gasteiger partial charge on any atom is -0.465 e. The van der Waals surface area contributed by atoms with Crippen LogP contribution in [0.2, 0.25) is 0 Å². The van der Waals surface area contributed by atoms with E-state index in [1.165, 1.54) is 11.1 Å². The zero-order valence-corrected chi connectivity index (χ0v) is 23.0. The third-order valence-electron chi connectivity index (χ3n) is 9.12. The molecule has 5 heterocycles. The van der Waals surface area contributed by atoms with Gasteiger partial charge in [-0.05, 0) is 42.7 Å². The smallest absolute Gasteiger partial charge is 0.416 e. The first-order valence-corrected chi connectivity index (χ1v) is 14.1. The Hall–Kier alpha value is -3.84. The number of amides is 2. The Labute approximate surface area is 236 Å². The molecular weight excluding hydrogens is 531 g/mol. The molecule has 3 saturated heterocycles. The highest BCUT2D eigenvalue weighted by Gasteiger charge is 2.48. The van der Waals surface area contributed by atoms with Gasteiger partial charge in [0.05, 0.1) is 24.5 Å². The Bertz CT molecular complexity index is 1420. The second-order valence-electron chi connectivity index (χ2n) is 11.7. The van der Waals surface area contributed by atoms with Crippen LogP contribution in [-0.2, 0) is 22.4 Å². The number of likely N-dealkylation sites (tertiary alicyclic amines) is 1. The molecule has 5 aliphatic rings. The lowest BCUT2D eigenvalue weighted by Crippen LogP contribution is -2.56. The van der Waals surface area contributed by atoms with Crippen molar-refractivity contribution < 1.29 is 23.5 Å². The Balaban J connectivity index is 0.984. The average molecular weight is 565 g/mol. The monoisotopic (exact) mass is 564 g/mol. The lowest BCUT2D eigenvalue weighted by molar-refractivity contribution is -0.118. The van der Waals surface area contributed by atoms with Crippen LogP contribution in [0.3, 0.4) is 0 Å². The van der Waals surface area contributed by atoms with Crippen LogP contribution < -0.4 is 25.2 Å². The van der Waals surface area contributed by atoms with E-state index in [1.807, 2.05) is 7.05 Å². The van der Waals surface area contributed by atoms with Crippen LogP contribution in [0.1, 0.15) is 24.0 Å². The van der Waals surface area contributed by atoms with Crippen LogP contribution in [-0.4, -0.2) is 98.2 Å². The SMILES string of the molecule is C=Nc1c(N(C)C2CNC2)cc2c(c1F)CC(CN1CCC3(CC1)CN(c1cnc4c(n1)NC(=O)CO4)C(=O)O3)C2. The number of carbonyl (C=O) groups excluding carboxylic acids is 2. The van der Waals surface area contributed by atoms with Gasteiger partial charge in [-0.25, -0.2) is 19.2 Å². The number of halogens is 1. The van der Waals surface area contributed by atoms with E-state index in [2.05, 4.69) is 48.2 Å². The first kappa shape index (κ1) is 26.1. The summed E-state index contributed by atoms with van der Waals surface area (Å²) < 4.78 is 26.7. The molecule has 2 N–H and O–H groups in total. The summed E-state index contributed by atoms with van der Waals surface area (Å²) in [6.45, 7) is 8.08. The molecule has 1 aromatic carbocycles.